The van der Waals surface area contributed by atoms with Crippen LogP contribution < -0.4 is 24.8 Å². The molecule has 16 heavy (non-hydrogen) atoms. The summed E-state index contributed by atoms with van der Waals surface area (Å²) in [6.45, 7) is 4.69. The molecule has 0 amide bonds. The molecular formula is C12H19Cl2SiZr. The van der Waals surface area contributed by atoms with Crippen LogP contribution in [0, 0.1) is 0 Å². The third-order valence-corrected chi connectivity index (χ3v) is 1.31. The van der Waals surface area contributed by atoms with Crippen molar-refractivity contribution < 1.29 is 48.7 Å². The van der Waals surface area contributed by atoms with Crippen LogP contribution in [0.2, 0.25) is 13.1 Å². The van der Waals surface area contributed by atoms with Crippen LogP contribution in [0.25, 0.3) is 0 Å². The Morgan fingerprint density at radius 3 is 1.00 bits per heavy atom. The van der Waals surface area contributed by atoms with Crippen LogP contribution in [0.1, 0.15) is 12.8 Å². The maximum absolute atomic E-state index is 2.35. The zero-order valence-electron chi connectivity index (χ0n) is 9.87. The SMILES string of the molecule is C1=CCC=C1.C1=CCC=C1.C[SiH](C)[Zr+2].[Cl-].[Cl-]. The molecule has 0 spiro atoms. The van der Waals surface area contributed by atoms with E-state index in [0.29, 0.717) is 0 Å². The van der Waals surface area contributed by atoms with Crippen molar-refractivity contribution in [1.82, 2.24) is 0 Å². The molecule has 0 fully saturated rings. The molecule has 0 saturated heterocycles. The molecule has 2 aliphatic rings. The second-order valence-electron chi connectivity index (χ2n) is 3.34. The second kappa shape index (κ2) is 18.0. The van der Waals surface area contributed by atoms with Gasteiger partial charge in [-0.05, 0) is 12.8 Å². The minimum Gasteiger partial charge on any atom is -1.00 e. The van der Waals surface area contributed by atoms with E-state index < -0.39 is 0 Å². The molecule has 2 rings (SSSR count). The van der Waals surface area contributed by atoms with Gasteiger partial charge in [0.25, 0.3) is 0 Å². The van der Waals surface area contributed by atoms with Crippen molar-refractivity contribution in [2.24, 2.45) is 0 Å². The van der Waals surface area contributed by atoms with Crippen molar-refractivity contribution in [3.8, 4) is 0 Å². The number of halogens is 2. The minimum atomic E-state index is -0.0489. The van der Waals surface area contributed by atoms with Gasteiger partial charge in [-0.25, -0.2) is 0 Å². The van der Waals surface area contributed by atoms with Crippen LogP contribution in [-0.2, 0) is 23.9 Å². The minimum absolute atomic E-state index is 0. The predicted molar refractivity (Wildman–Crippen MR) is 64.7 cm³/mol. The van der Waals surface area contributed by atoms with Gasteiger partial charge in [0, 0.05) is 0 Å². The largest absolute Gasteiger partial charge is 1.00 e. The smallest absolute Gasteiger partial charge is 1.00 e. The summed E-state index contributed by atoms with van der Waals surface area (Å²) in [6, 6.07) is 0. The first-order valence-electron chi connectivity index (χ1n) is 5.08. The molecule has 4 heteroatoms. The van der Waals surface area contributed by atoms with Crippen LogP contribution >= 0.6 is 0 Å². The molecule has 0 N–H and O–H groups in total. The van der Waals surface area contributed by atoms with Gasteiger partial charge < -0.3 is 24.8 Å². The maximum Gasteiger partial charge on any atom is -1.00 e. The Kier molecular flexibility index (Phi) is 24.6. The Labute approximate surface area is 128 Å². The number of rotatable bonds is 0. The van der Waals surface area contributed by atoms with E-state index in [1.807, 2.05) is 0 Å². The zero-order chi connectivity index (χ0) is 10.6. The van der Waals surface area contributed by atoms with Gasteiger partial charge in [0.2, 0.25) is 0 Å². The summed E-state index contributed by atoms with van der Waals surface area (Å²) in [6.07, 6.45) is 19.0. The van der Waals surface area contributed by atoms with Crippen molar-refractivity contribution in [3.63, 3.8) is 0 Å². The van der Waals surface area contributed by atoms with E-state index in [1.54, 1.807) is 23.9 Å². The van der Waals surface area contributed by atoms with E-state index >= 15 is 0 Å². The van der Waals surface area contributed by atoms with Crippen molar-refractivity contribution in [3.05, 3.63) is 48.6 Å². The van der Waals surface area contributed by atoms with E-state index in [-0.39, 0.29) is 30.7 Å². The summed E-state index contributed by atoms with van der Waals surface area (Å²) >= 11 is 1.78. The number of hydrogen-bond donors (Lipinski definition) is 0. The van der Waals surface area contributed by atoms with Gasteiger partial charge in [-0.15, -0.1) is 0 Å². The van der Waals surface area contributed by atoms with E-state index in [2.05, 4.69) is 61.7 Å². The summed E-state index contributed by atoms with van der Waals surface area (Å²) < 4.78 is 0. The Morgan fingerprint density at radius 1 is 0.750 bits per heavy atom. The quantitative estimate of drug-likeness (QED) is 0.424. The fraction of sp³-hybridized carbons (Fsp3) is 0.333. The molecule has 89 valence electrons. The van der Waals surface area contributed by atoms with Gasteiger partial charge in [-0.2, -0.15) is 0 Å². The van der Waals surface area contributed by atoms with E-state index in [1.165, 1.54) is 0 Å². The Bertz CT molecular complexity index is 188. The second-order valence-corrected chi connectivity index (χ2v) is 14.2. The molecule has 0 aromatic heterocycles. The van der Waals surface area contributed by atoms with Gasteiger partial charge >= 0.3 is 42.9 Å². The number of allylic oxidation sites excluding steroid dienone is 8. The fourth-order valence-corrected chi connectivity index (χ4v) is 0.786. The fourth-order valence-electron chi connectivity index (χ4n) is 0.786. The molecular weight excluding hydrogens is 334 g/mol. The van der Waals surface area contributed by atoms with Crippen molar-refractivity contribution >= 4 is 5.92 Å². The third-order valence-electron chi connectivity index (χ3n) is 1.31. The van der Waals surface area contributed by atoms with Crippen molar-refractivity contribution in [2.75, 3.05) is 0 Å². The summed E-state index contributed by atoms with van der Waals surface area (Å²) in [5.74, 6) is -0.0489. The van der Waals surface area contributed by atoms with Gasteiger partial charge in [0.15, 0.2) is 0 Å². The van der Waals surface area contributed by atoms with E-state index in [9.17, 15) is 0 Å². The third kappa shape index (κ3) is 24.1. The van der Waals surface area contributed by atoms with E-state index in [0.717, 1.165) is 12.8 Å². The summed E-state index contributed by atoms with van der Waals surface area (Å²) in [5, 5.41) is 0. The first-order valence-corrected chi connectivity index (χ1v) is 12.2. The summed E-state index contributed by atoms with van der Waals surface area (Å²) in [5.41, 5.74) is 0. The molecule has 0 aromatic carbocycles. The van der Waals surface area contributed by atoms with E-state index in [4.69, 9.17) is 0 Å². The van der Waals surface area contributed by atoms with Crippen molar-refractivity contribution in [2.45, 2.75) is 25.9 Å². The molecule has 0 unspecified atom stereocenters. The maximum atomic E-state index is 2.35. The van der Waals surface area contributed by atoms with Gasteiger partial charge in [0.1, 0.15) is 0 Å². The molecule has 2 aliphatic carbocycles. The molecule has 0 atom stereocenters. The first-order chi connectivity index (χ1) is 6.73. The molecule has 0 saturated carbocycles. The Balaban J connectivity index is -0.000000151. The van der Waals surface area contributed by atoms with Crippen LogP contribution in [-0.4, -0.2) is 5.92 Å². The Morgan fingerprint density at radius 2 is 0.938 bits per heavy atom. The average molecular weight is 354 g/mol. The predicted octanol–water partition coefficient (Wildman–Crippen LogP) is -2.47. The summed E-state index contributed by atoms with van der Waals surface area (Å²) in [7, 11) is 0. The monoisotopic (exact) mass is 351 g/mol. The van der Waals surface area contributed by atoms with Crippen LogP contribution in [0.15, 0.2) is 48.6 Å². The Hall–Kier alpha value is 0.640. The first kappa shape index (κ1) is 21.9. The van der Waals surface area contributed by atoms with Crippen LogP contribution in [0.5, 0.6) is 0 Å². The number of hydrogen-bond acceptors (Lipinski definition) is 0. The van der Waals surface area contributed by atoms with Gasteiger partial charge in [-0.1, -0.05) is 48.6 Å². The average Bonchev–Trinajstić information content (AvgIpc) is 2.83. The zero-order valence-corrected chi connectivity index (χ0v) is 15.0. The van der Waals surface area contributed by atoms with Gasteiger partial charge in [0.05, 0.1) is 0 Å². The summed E-state index contributed by atoms with van der Waals surface area (Å²) in [4.78, 5) is 0. The topological polar surface area (TPSA) is 0 Å². The molecule has 0 bridgehead atoms. The molecule has 0 radical (unpaired) electrons. The molecule has 0 nitrogen and oxygen atoms in total. The van der Waals surface area contributed by atoms with Crippen LogP contribution in [0.4, 0.5) is 0 Å². The normalized spacial score (nSPS) is 13.3. The standard InChI is InChI=1S/2C5H6.C2H7Si.2ClH.Zr/c2*1-2-4-5-3-1;1-3-2;;;/h2*1-4H,5H2;3H,1-2H3;2*1H;/q;;;;;+2/p-2. The molecule has 0 heterocycles. The van der Waals surface area contributed by atoms with Gasteiger partial charge in [-0.3, -0.25) is 0 Å². The van der Waals surface area contributed by atoms with Crippen molar-refractivity contribution in [1.29, 1.82) is 0 Å². The van der Waals surface area contributed by atoms with Crippen LogP contribution in [0.3, 0.4) is 0 Å². The molecule has 0 aromatic rings. The molecule has 0 aliphatic heterocycles.